The average molecular weight is 393 g/mol. The van der Waals surface area contributed by atoms with Crippen LogP contribution in [0.5, 0.6) is 0 Å². The molecular weight excluding hydrogens is 381 g/mol. The van der Waals surface area contributed by atoms with Gasteiger partial charge in [0.25, 0.3) is 0 Å². The normalized spacial score (nSPS) is 12.0. The quantitative estimate of drug-likeness (QED) is 0.791. The summed E-state index contributed by atoms with van der Waals surface area (Å²) in [4.78, 5) is 11.8. The maximum atomic E-state index is 13.4. The minimum atomic E-state index is -4.74. The number of alkyl halides is 3. The highest BCUT2D eigenvalue weighted by Gasteiger charge is 2.34. The van der Waals surface area contributed by atoms with Crippen LogP contribution in [0.1, 0.15) is 11.1 Å². The standard InChI is InChI=1S/C16H12F5NO3S/c17-11-5-6-14(13(18)7-11)22-15(23)9-26(24,25)8-10-3-1-2-4-12(10)16(19,20)21/h1-7H,8-9H2,(H,22,23). The molecule has 0 bridgehead atoms. The number of benzene rings is 2. The van der Waals surface area contributed by atoms with Crippen molar-refractivity contribution in [1.29, 1.82) is 0 Å². The van der Waals surface area contributed by atoms with E-state index >= 15 is 0 Å². The molecule has 2 aromatic carbocycles. The first-order chi connectivity index (χ1) is 12.0. The third-order valence-electron chi connectivity index (χ3n) is 3.25. The Morgan fingerprint density at radius 1 is 1.04 bits per heavy atom. The number of hydrogen-bond donors (Lipinski definition) is 1. The van der Waals surface area contributed by atoms with Gasteiger partial charge in [-0.05, 0) is 23.8 Å². The van der Waals surface area contributed by atoms with Gasteiger partial charge in [-0.2, -0.15) is 13.2 Å². The number of carbonyl (C=O) groups is 1. The zero-order valence-corrected chi connectivity index (χ0v) is 13.8. The van der Waals surface area contributed by atoms with E-state index in [-0.39, 0.29) is 0 Å². The van der Waals surface area contributed by atoms with Gasteiger partial charge in [0, 0.05) is 6.07 Å². The van der Waals surface area contributed by atoms with Crippen LogP contribution in [0.4, 0.5) is 27.6 Å². The van der Waals surface area contributed by atoms with Crippen LogP contribution >= 0.6 is 0 Å². The zero-order valence-electron chi connectivity index (χ0n) is 13.0. The predicted molar refractivity (Wildman–Crippen MR) is 83.9 cm³/mol. The van der Waals surface area contributed by atoms with Gasteiger partial charge in [-0.25, -0.2) is 17.2 Å². The average Bonchev–Trinajstić information content (AvgIpc) is 2.48. The summed E-state index contributed by atoms with van der Waals surface area (Å²) >= 11 is 0. The first-order valence-corrected chi connectivity index (χ1v) is 8.90. The number of amides is 1. The second-order valence-corrected chi connectivity index (χ2v) is 7.42. The van der Waals surface area contributed by atoms with Crippen LogP contribution in [-0.2, 0) is 26.6 Å². The van der Waals surface area contributed by atoms with E-state index in [2.05, 4.69) is 0 Å². The smallest absolute Gasteiger partial charge is 0.323 e. The summed E-state index contributed by atoms with van der Waals surface area (Å²) in [6, 6.07) is 6.33. The van der Waals surface area contributed by atoms with E-state index < -0.39 is 61.9 Å². The molecular formula is C16H12F5NO3S. The Labute approximate surface area is 145 Å². The second kappa shape index (κ2) is 7.40. The Balaban J connectivity index is 2.13. The van der Waals surface area contributed by atoms with Crippen LogP contribution < -0.4 is 5.32 Å². The van der Waals surface area contributed by atoms with Gasteiger partial charge in [0.2, 0.25) is 5.91 Å². The summed E-state index contributed by atoms with van der Waals surface area (Å²) in [5, 5.41) is 1.94. The first-order valence-electron chi connectivity index (χ1n) is 7.08. The molecule has 0 spiro atoms. The lowest BCUT2D eigenvalue weighted by Crippen LogP contribution is -2.25. The molecule has 4 nitrogen and oxygen atoms in total. The maximum absolute atomic E-state index is 13.4. The molecule has 0 atom stereocenters. The number of hydrogen-bond acceptors (Lipinski definition) is 3. The van der Waals surface area contributed by atoms with Crippen molar-refractivity contribution in [3.8, 4) is 0 Å². The molecule has 2 aromatic rings. The molecule has 0 saturated heterocycles. The van der Waals surface area contributed by atoms with Crippen molar-refractivity contribution in [1.82, 2.24) is 0 Å². The van der Waals surface area contributed by atoms with E-state index in [9.17, 15) is 35.2 Å². The fraction of sp³-hybridized carbons (Fsp3) is 0.188. The molecule has 0 aliphatic carbocycles. The third kappa shape index (κ3) is 5.25. The highest BCUT2D eigenvalue weighted by molar-refractivity contribution is 7.91. The van der Waals surface area contributed by atoms with Gasteiger partial charge in [0.15, 0.2) is 9.84 Å². The molecule has 0 aromatic heterocycles. The lowest BCUT2D eigenvalue weighted by molar-refractivity contribution is -0.138. The number of sulfone groups is 1. The SMILES string of the molecule is O=C(CS(=O)(=O)Cc1ccccc1C(F)(F)F)Nc1ccc(F)cc1F. The fourth-order valence-electron chi connectivity index (χ4n) is 2.19. The second-order valence-electron chi connectivity index (χ2n) is 5.36. The van der Waals surface area contributed by atoms with Crippen molar-refractivity contribution < 1.29 is 35.2 Å². The highest BCUT2D eigenvalue weighted by atomic mass is 32.2. The lowest BCUT2D eigenvalue weighted by Gasteiger charge is -2.13. The third-order valence-corrected chi connectivity index (χ3v) is 4.71. The Morgan fingerprint density at radius 3 is 2.31 bits per heavy atom. The topological polar surface area (TPSA) is 63.2 Å². The number of halogens is 5. The van der Waals surface area contributed by atoms with Crippen LogP contribution in [0.15, 0.2) is 42.5 Å². The molecule has 1 amide bonds. The molecule has 2 rings (SSSR count). The first kappa shape index (κ1) is 19.8. The molecule has 0 aliphatic rings. The number of carbonyl (C=O) groups excluding carboxylic acids is 1. The summed E-state index contributed by atoms with van der Waals surface area (Å²) in [5.74, 6) is -5.33. The van der Waals surface area contributed by atoms with Crippen molar-refractivity contribution >= 4 is 21.4 Å². The molecule has 26 heavy (non-hydrogen) atoms. The van der Waals surface area contributed by atoms with Crippen LogP contribution in [0, 0.1) is 11.6 Å². The summed E-state index contributed by atoms with van der Waals surface area (Å²) in [6.07, 6.45) is -4.74. The molecule has 140 valence electrons. The fourth-order valence-corrected chi connectivity index (χ4v) is 3.49. The molecule has 0 radical (unpaired) electrons. The lowest BCUT2D eigenvalue weighted by atomic mass is 10.1. The molecule has 0 fully saturated rings. The van der Waals surface area contributed by atoms with E-state index in [1.807, 2.05) is 5.32 Å². The summed E-state index contributed by atoms with van der Waals surface area (Å²) in [7, 11) is -4.27. The number of anilines is 1. The van der Waals surface area contributed by atoms with Crippen LogP contribution in [0.25, 0.3) is 0 Å². The Bertz CT molecular complexity index is 926. The van der Waals surface area contributed by atoms with Crippen LogP contribution in [0.3, 0.4) is 0 Å². The monoisotopic (exact) mass is 393 g/mol. The summed E-state index contributed by atoms with van der Waals surface area (Å²) in [6.45, 7) is 0. The Morgan fingerprint density at radius 2 is 1.69 bits per heavy atom. The van der Waals surface area contributed by atoms with Crippen molar-refractivity contribution in [2.45, 2.75) is 11.9 Å². The van der Waals surface area contributed by atoms with Gasteiger partial charge < -0.3 is 5.32 Å². The predicted octanol–water partition coefficient (Wildman–Crippen LogP) is 3.54. The van der Waals surface area contributed by atoms with Gasteiger partial charge in [0.05, 0.1) is 17.0 Å². The van der Waals surface area contributed by atoms with E-state index in [1.54, 1.807) is 0 Å². The maximum Gasteiger partial charge on any atom is 0.416 e. The number of rotatable bonds is 5. The molecule has 0 unspecified atom stereocenters. The van der Waals surface area contributed by atoms with E-state index in [1.165, 1.54) is 6.07 Å². The molecule has 10 heteroatoms. The van der Waals surface area contributed by atoms with E-state index in [0.29, 0.717) is 6.07 Å². The highest BCUT2D eigenvalue weighted by Crippen LogP contribution is 2.32. The largest absolute Gasteiger partial charge is 0.416 e. The van der Waals surface area contributed by atoms with Crippen LogP contribution in [0.2, 0.25) is 0 Å². The van der Waals surface area contributed by atoms with Crippen molar-refractivity contribution in [3.05, 3.63) is 65.2 Å². The zero-order chi connectivity index (χ0) is 19.5. The molecule has 1 N–H and O–H groups in total. The molecule has 0 aliphatic heterocycles. The van der Waals surface area contributed by atoms with Gasteiger partial charge in [-0.15, -0.1) is 0 Å². The van der Waals surface area contributed by atoms with Crippen LogP contribution in [-0.4, -0.2) is 20.1 Å². The van der Waals surface area contributed by atoms with Gasteiger partial charge in [0.1, 0.15) is 17.4 Å². The van der Waals surface area contributed by atoms with Gasteiger partial charge in [-0.1, -0.05) is 18.2 Å². The van der Waals surface area contributed by atoms with E-state index in [4.69, 9.17) is 0 Å². The molecule has 0 heterocycles. The van der Waals surface area contributed by atoms with Crippen molar-refractivity contribution in [2.75, 3.05) is 11.1 Å². The van der Waals surface area contributed by atoms with Crippen molar-refractivity contribution in [3.63, 3.8) is 0 Å². The Kier molecular flexibility index (Phi) is 5.65. The summed E-state index contributed by atoms with van der Waals surface area (Å²) < 4.78 is 89.0. The van der Waals surface area contributed by atoms with Gasteiger partial charge in [-0.3, -0.25) is 4.79 Å². The summed E-state index contributed by atoms with van der Waals surface area (Å²) in [5.41, 5.74) is -2.06. The Hall–Kier alpha value is -2.49. The minimum Gasteiger partial charge on any atom is -0.323 e. The van der Waals surface area contributed by atoms with E-state index in [0.717, 1.165) is 30.3 Å². The minimum absolute atomic E-state index is 0.442. The van der Waals surface area contributed by atoms with Crippen molar-refractivity contribution in [2.24, 2.45) is 0 Å². The number of nitrogens with one attached hydrogen (secondary N) is 1. The molecule has 0 saturated carbocycles. The van der Waals surface area contributed by atoms with Gasteiger partial charge >= 0.3 is 6.18 Å².